The average Bonchev–Trinajstić information content (AvgIpc) is 2.80. The second kappa shape index (κ2) is 6.48. The highest BCUT2D eigenvalue weighted by atomic mass is 35.5. The molecular weight excluding hydrogens is 373 g/mol. The smallest absolute Gasteiger partial charge is 0.277 e. The first-order valence-corrected chi connectivity index (χ1v) is 7.96. The van der Waals surface area contributed by atoms with Crippen molar-refractivity contribution in [3.05, 3.63) is 63.1 Å². The molecule has 24 heavy (non-hydrogen) atoms. The van der Waals surface area contributed by atoms with Gasteiger partial charge in [-0.05, 0) is 24.3 Å². The van der Waals surface area contributed by atoms with Gasteiger partial charge in [0.05, 0.1) is 28.4 Å². The molecule has 7 heteroatoms. The minimum atomic E-state index is -0.624. The second-order valence-electron chi connectivity index (χ2n) is 4.93. The lowest BCUT2D eigenvalue weighted by molar-refractivity contribution is -0.119. The van der Waals surface area contributed by atoms with Gasteiger partial charge < -0.3 is 4.74 Å². The van der Waals surface area contributed by atoms with Crippen molar-refractivity contribution in [3.8, 4) is 5.75 Å². The first-order chi connectivity index (χ1) is 11.5. The monoisotopic (exact) mass is 381 g/mol. The Kier molecular flexibility index (Phi) is 4.54. The van der Waals surface area contributed by atoms with Gasteiger partial charge in [-0.25, -0.2) is 4.90 Å². The van der Waals surface area contributed by atoms with Gasteiger partial charge >= 0.3 is 0 Å². The van der Waals surface area contributed by atoms with Crippen molar-refractivity contribution in [1.82, 2.24) is 0 Å². The first kappa shape index (κ1) is 16.8. The Hall–Kier alpha value is -2.01. The van der Waals surface area contributed by atoms with Crippen LogP contribution in [0.15, 0.2) is 47.5 Å². The lowest BCUT2D eigenvalue weighted by Crippen LogP contribution is -2.31. The fraction of sp³-hybridized carbons (Fsp3) is 0.0588. The third kappa shape index (κ3) is 2.67. The molecule has 122 valence electrons. The highest BCUT2D eigenvalue weighted by molar-refractivity contribution is 6.60. The normalized spacial score (nSPS) is 14.6. The fourth-order valence-corrected chi connectivity index (χ4v) is 3.01. The molecule has 2 aromatic rings. The number of carbonyl (C=O) groups excluding carboxylic acids is 2. The highest BCUT2D eigenvalue weighted by Crippen LogP contribution is 2.39. The van der Waals surface area contributed by atoms with Crippen LogP contribution in [0.1, 0.15) is 5.56 Å². The largest absolute Gasteiger partial charge is 0.496 e. The molecule has 0 saturated heterocycles. The summed E-state index contributed by atoms with van der Waals surface area (Å²) in [7, 11) is 1.48. The van der Waals surface area contributed by atoms with Gasteiger partial charge in [0.15, 0.2) is 0 Å². The standard InChI is InChI=1S/C17H10Cl3NO3/c1-24-13-5-3-2-4-10(13)14-15(20)17(23)21(16(14)22)9-6-7-11(18)12(19)8-9/h2-8H,1H3. The van der Waals surface area contributed by atoms with Gasteiger partial charge in [-0.1, -0.05) is 53.0 Å². The van der Waals surface area contributed by atoms with E-state index in [-0.39, 0.29) is 15.6 Å². The van der Waals surface area contributed by atoms with Crippen LogP contribution in [0.2, 0.25) is 10.0 Å². The number of ether oxygens (including phenoxy) is 1. The van der Waals surface area contributed by atoms with Crippen LogP contribution in [0, 0.1) is 0 Å². The molecule has 0 fully saturated rings. The van der Waals surface area contributed by atoms with Gasteiger partial charge in [0.25, 0.3) is 11.8 Å². The third-order valence-electron chi connectivity index (χ3n) is 3.56. The number of para-hydroxylation sites is 1. The van der Waals surface area contributed by atoms with Crippen LogP contribution >= 0.6 is 34.8 Å². The molecule has 0 N–H and O–H groups in total. The molecule has 0 bridgehead atoms. The molecule has 1 aliphatic rings. The zero-order chi connectivity index (χ0) is 17.4. The lowest BCUT2D eigenvalue weighted by atomic mass is 10.1. The number of hydrogen-bond acceptors (Lipinski definition) is 3. The van der Waals surface area contributed by atoms with Gasteiger partial charge in [-0.3, -0.25) is 9.59 Å². The number of rotatable bonds is 3. The van der Waals surface area contributed by atoms with Gasteiger partial charge in [-0.15, -0.1) is 0 Å². The number of anilines is 1. The summed E-state index contributed by atoms with van der Waals surface area (Å²) >= 11 is 18.0. The molecule has 1 aliphatic heterocycles. The molecule has 0 spiro atoms. The van der Waals surface area contributed by atoms with Crippen molar-refractivity contribution in [2.45, 2.75) is 0 Å². The Morgan fingerprint density at radius 1 is 0.917 bits per heavy atom. The maximum absolute atomic E-state index is 12.8. The number of carbonyl (C=O) groups is 2. The van der Waals surface area contributed by atoms with Gasteiger partial charge in [0.1, 0.15) is 10.8 Å². The predicted molar refractivity (Wildman–Crippen MR) is 94.7 cm³/mol. The zero-order valence-electron chi connectivity index (χ0n) is 12.3. The fourth-order valence-electron chi connectivity index (χ4n) is 2.45. The van der Waals surface area contributed by atoms with E-state index < -0.39 is 11.8 Å². The third-order valence-corrected chi connectivity index (χ3v) is 4.65. The van der Waals surface area contributed by atoms with Crippen LogP contribution in [0.5, 0.6) is 5.75 Å². The van der Waals surface area contributed by atoms with Gasteiger partial charge in [0, 0.05) is 5.56 Å². The number of methoxy groups -OCH3 is 1. The summed E-state index contributed by atoms with van der Waals surface area (Å²) in [5.74, 6) is -0.725. The predicted octanol–water partition coefficient (Wildman–Crippen LogP) is 4.53. The highest BCUT2D eigenvalue weighted by Gasteiger charge is 2.40. The number of hydrogen-bond donors (Lipinski definition) is 0. The molecule has 0 saturated carbocycles. The average molecular weight is 383 g/mol. The molecule has 1 heterocycles. The SMILES string of the molecule is COc1ccccc1C1=C(Cl)C(=O)N(c2ccc(Cl)c(Cl)c2)C1=O. The quantitative estimate of drug-likeness (QED) is 0.733. The van der Waals surface area contributed by atoms with Gasteiger partial charge in [-0.2, -0.15) is 0 Å². The topological polar surface area (TPSA) is 46.6 Å². The Morgan fingerprint density at radius 3 is 2.29 bits per heavy atom. The number of halogens is 3. The van der Waals surface area contributed by atoms with Crippen LogP contribution in [0.3, 0.4) is 0 Å². The maximum Gasteiger partial charge on any atom is 0.277 e. The van der Waals surface area contributed by atoms with Crippen LogP contribution in [-0.4, -0.2) is 18.9 Å². The van der Waals surface area contributed by atoms with E-state index in [1.807, 2.05) is 0 Å². The van der Waals surface area contributed by atoms with Crippen LogP contribution in [0.4, 0.5) is 5.69 Å². The Labute approximate surface area is 153 Å². The molecule has 0 radical (unpaired) electrons. The summed E-state index contributed by atoms with van der Waals surface area (Å²) in [5, 5.41) is 0.385. The summed E-state index contributed by atoms with van der Waals surface area (Å²) in [6.07, 6.45) is 0. The molecule has 2 aromatic carbocycles. The van der Waals surface area contributed by atoms with E-state index in [2.05, 4.69) is 0 Å². The molecule has 2 amide bonds. The molecule has 0 aromatic heterocycles. The van der Waals surface area contributed by atoms with E-state index in [4.69, 9.17) is 39.5 Å². The number of imide groups is 1. The van der Waals surface area contributed by atoms with Crippen LogP contribution in [-0.2, 0) is 9.59 Å². The van der Waals surface area contributed by atoms with Crippen LogP contribution < -0.4 is 9.64 Å². The van der Waals surface area contributed by atoms with E-state index in [0.717, 1.165) is 4.90 Å². The van der Waals surface area contributed by atoms with Gasteiger partial charge in [0.2, 0.25) is 0 Å². The van der Waals surface area contributed by atoms with E-state index in [9.17, 15) is 9.59 Å². The Bertz CT molecular complexity index is 892. The van der Waals surface area contributed by atoms with Crippen LogP contribution in [0.25, 0.3) is 5.57 Å². The minimum absolute atomic E-state index is 0.0881. The van der Waals surface area contributed by atoms with Crippen molar-refractivity contribution >= 4 is 57.9 Å². The Morgan fingerprint density at radius 2 is 1.62 bits per heavy atom. The number of amides is 2. The maximum atomic E-state index is 12.8. The summed E-state index contributed by atoms with van der Waals surface area (Å²) in [6.45, 7) is 0. The van der Waals surface area contributed by atoms with E-state index >= 15 is 0 Å². The molecule has 0 aliphatic carbocycles. The van der Waals surface area contributed by atoms with Crippen molar-refractivity contribution in [2.24, 2.45) is 0 Å². The van der Waals surface area contributed by atoms with E-state index in [0.29, 0.717) is 22.0 Å². The number of benzene rings is 2. The van der Waals surface area contributed by atoms with E-state index in [1.54, 1.807) is 24.3 Å². The number of nitrogens with zero attached hydrogens (tertiary/aromatic N) is 1. The van der Waals surface area contributed by atoms with Crippen molar-refractivity contribution in [3.63, 3.8) is 0 Å². The summed E-state index contributed by atoms with van der Waals surface area (Å²) in [4.78, 5) is 26.3. The molecule has 0 atom stereocenters. The molecule has 3 rings (SSSR count). The summed E-state index contributed by atoms with van der Waals surface area (Å²) in [5.41, 5.74) is 0.832. The molecule has 4 nitrogen and oxygen atoms in total. The lowest BCUT2D eigenvalue weighted by Gasteiger charge is -2.16. The van der Waals surface area contributed by atoms with Crippen molar-refractivity contribution < 1.29 is 14.3 Å². The first-order valence-electron chi connectivity index (χ1n) is 6.82. The van der Waals surface area contributed by atoms with Crippen molar-refractivity contribution in [2.75, 3.05) is 12.0 Å². The second-order valence-corrected chi connectivity index (χ2v) is 6.13. The Balaban J connectivity index is 2.09. The zero-order valence-corrected chi connectivity index (χ0v) is 14.6. The summed E-state index contributed by atoms with van der Waals surface area (Å²) in [6, 6.07) is 11.3. The minimum Gasteiger partial charge on any atom is -0.496 e. The molecular formula is C17H10Cl3NO3. The summed E-state index contributed by atoms with van der Waals surface area (Å²) < 4.78 is 5.25. The molecule has 0 unspecified atom stereocenters. The van der Waals surface area contributed by atoms with E-state index in [1.165, 1.54) is 25.3 Å². The van der Waals surface area contributed by atoms with Crippen molar-refractivity contribution in [1.29, 1.82) is 0 Å².